The molecule has 3 N–H and O–H groups in total. The molecule has 0 bridgehead atoms. The molecule has 0 spiro atoms. The molecule has 0 amide bonds. The molecule has 22 heavy (non-hydrogen) atoms. The zero-order valence-corrected chi connectivity index (χ0v) is 12.9. The number of hydrogen-bond acceptors (Lipinski definition) is 5. The molecule has 0 aromatic carbocycles. The van der Waals surface area contributed by atoms with Gasteiger partial charge in [0.15, 0.2) is 0 Å². The minimum Gasteiger partial charge on any atom is -0.460 e. The first kappa shape index (κ1) is 16.5. The van der Waals surface area contributed by atoms with E-state index in [1.54, 1.807) is 24.3 Å². The van der Waals surface area contributed by atoms with E-state index in [0.29, 0.717) is 11.3 Å². The van der Waals surface area contributed by atoms with E-state index in [9.17, 15) is 9.59 Å². The summed E-state index contributed by atoms with van der Waals surface area (Å²) in [6, 6.07) is 6.85. The van der Waals surface area contributed by atoms with Crippen molar-refractivity contribution >= 4 is 29.2 Å². The number of carbonyl (C=O) groups is 1. The molecule has 0 aliphatic rings. The molecule has 2 aromatic rings. The van der Waals surface area contributed by atoms with Crippen LogP contribution in [-0.4, -0.2) is 22.0 Å². The fraction of sp³-hybridized carbons (Fsp3) is 0.214. The summed E-state index contributed by atoms with van der Waals surface area (Å²) in [5.74, 6) is -0.589. The summed E-state index contributed by atoms with van der Waals surface area (Å²) in [6.07, 6.45) is 0.173. The highest BCUT2D eigenvalue weighted by Crippen LogP contribution is 2.15. The third kappa shape index (κ3) is 4.84. The van der Waals surface area contributed by atoms with Crippen LogP contribution in [0.5, 0.6) is 0 Å². The van der Waals surface area contributed by atoms with Crippen LogP contribution in [0.15, 0.2) is 35.1 Å². The number of aromatic amines is 1. The van der Waals surface area contributed by atoms with Crippen LogP contribution in [-0.2, 0) is 22.6 Å². The number of esters is 1. The summed E-state index contributed by atoms with van der Waals surface area (Å²) < 4.78 is 5.10. The van der Waals surface area contributed by atoms with Gasteiger partial charge in [-0.2, -0.15) is 0 Å². The summed E-state index contributed by atoms with van der Waals surface area (Å²) in [4.78, 5) is 29.4. The van der Waals surface area contributed by atoms with Crippen LogP contribution >= 0.6 is 23.2 Å². The van der Waals surface area contributed by atoms with Crippen molar-refractivity contribution in [3.8, 4) is 0 Å². The molecule has 116 valence electrons. The first-order valence-electron chi connectivity index (χ1n) is 6.36. The first-order chi connectivity index (χ1) is 10.4. The third-order valence-electron chi connectivity index (χ3n) is 2.78. The predicted octanol–water partition coefficient (Wildman–Crippen LogP) is 1.69. The molecule has 2 aromatic heterocycles. The zero-order valence-electron chi connectivity index (χ0n) is 11.4. The number of nitrogens with one attached hydrogen (secondary N) is 1. The quantitative estimate of drug-likeness (QED) is 0.636. The SMILES string of the molecule is N[C@@H](Cc1cccc(=O)[nH]1)C(=O)OCc1cc(Cl)nc(Cl)c1. The molecule has 0 aliphatic carbocycles. The summed E-state index contributed by atoms with van der Waals surface area (Å²) >= 11 is 11.5. The van der Waals surface area contributed by atoms with Gasteiger partial charge >= 0.3 is 5.97 Å². The molecule has 0 unspecified atom stereocenters. The third-order valence-corrected chi connectivity index (χ3v) is 3.16. The number of H-pyrrole nitrogens is 1. The van der Waals surface area contributed by atoms with Gasteiger partial charge in [0.25, 0.3) is 0 Å². The molecule has 2 rings (SSSR count). The molecule has 0 saturated carbocycles. The molecule has 1 atom stereocenters. The van der Waals surface area contributed by atoms with Gasteiger partial charge in [0.2, 0.25) is 5.56 Å². The molecule has 0 saturated heterocycles. The van der Waals surface area contributed by atoms with Crippen LogP contribution < -0.4 is 11.3 Å². The Bertz CT molecular complexity index is 713. The number of nitrogens with zero attached hydrogens (tertiary/aromatic N) is 1. The molecule has 0 aliphatic heterocycles. The van der Waals surface area contributed by atoms with E-state index in [4.69, 9.17) is 33.7 Å². The first-order valence-corrected chi connectivity index (χ1v) is 7.12. The average molecular weight is 342 g/mol. The standard InChI is InChI=1S/C14H13Cl2N3O3/c15-11-4-8(5-12(16)19-11)7-22-14(21)10(17)6-9-2-1-3-13(20)18-9/h1-5,10H,6-7,17H2,(H,18,20)/t10-/m0/s1. The Kier molecular flexibility index (Phi) is 5.54. The van der Waals surface area contributed by atoms with Gasteiger partial charge in [-0.25, -0.2) is 4.98 Å². The maximum absolute atomic E-state index is 11.9. The van der Waals surface area contributed by atoms with Crippen molar-refractivity contribution in [2.75, 3.05) is 0 Å². The second-order valence-electron chi connectivity index (χ2n) is 4.58. The lowest BCUT2D eigenvalue weighted by atomic mass is 10.1. The van der Waals surface area contributed by atoms with Gasteiger partial charge in [0.05, 0.1) is 0 Å². The second-order valence-corrected chi connectivity index (χ2v) is 5.35. The molecular formula is C14H13Cl2N3O3. The molecular weight excluding hydrogens is 329 g/mol. The highest BCUT2D eigenvalue weighted by molar-refractivity contribution is 6.32. The average Bonchev–Trinajstić information content (AvgIpc) is 2.43. The molecule has 0 fully saturated rings. The van der Waals surface area contributed by atoms with Gasteiger partial charge < -0.3 is 15.5 Å². The summed E-state index contributed by atoms with van der Waals surface area (Å²) in [6.45, 7) is -0.0141. The number of carbonyl (C=O) groups excluding carboxylic acids is 1. The van der Waals surface area contributed by atoms with Crippen LogP contribution in [0.25, 0.3) is 0 Å². The number of hydrogen-bond donors (Lipinski definition) is 2. The van der Waals surface area contributed by atoms with E-state index in [0.717, 1.165) is 0 Å². The van der Waals surface area contributed by atoms with Crippen LogP contribution in [0.4, 0.5) is 0 Å². The van der Waals surface area contributed by atoms with Crippen molar-refractivity contribution in [3.05, 3.63) is 62.2 Å². The van der Waals surface area contributed by atoms with Crippen molar-refractivity contribution in [1.29, 1.82) is 0 Å². The van der Waals surface area contributed by atoms with Crippen molar-refractivity contribution in [2.45, 2.75) is 19.1 Å². The molecule has 2 heterocycles. The van der Waals surface area contributed by atoms with E-state index in [-0.39, 0.29) is 28.9 Å². The Morgan fingerprint density at radius 2 is 2.00 bits per heavy atom. The van der Waals surface area contributed by atoms with E-state index >= 15 is 0 Å². The summed E-state index contributed by atoms with van der Waals surface area (Å²) in [5.41, 5.74) is 6.68. The van der Waals surface area contributed by atoms with Gasteiger partial charge in [0.1, 0.15) is 23.0 Å². The van der Waals surface area contributed by atoms with Gasteiger partial charge in [-0.05, 0) is 23.8 Å². The number of pyridine rings is 2. The van der Waals surface area contributed by atoms with Gasteiger partial charge in [0, 0.05) is 18.2 Å². The van der Waals surface area contributed by atoms with Gasteiger partial charge in [-0.15, -0.1) is 0 Å². The lowest BCUT2D eigenvalue weighted by Crippen LogP contribution is -2.35. The topological polar surface area (TPSA) is 98.1 Å². The molecule has 8 heteroatoms. The highest BCUT2D eigenvalue weighted by atomic mass is 35.5. The van der Waals surface area contributed by atoms with Crippen molar-refractivity contribution in [3.63, 3.8) is 0 Å². The summed E-state index contributed by atoms with van der Waals surface area (Å²) in [5, 5.41) is 0.425. The van der Waals surface area contributed by atoms with Gasteiger partial charge in [-0.1, -0.05) is 29.3 Å². The van der Waals surface area contributed by atoms with E-state index < -0.39 is 12.0 Å². The van der Waals surface area contributed by atoms with Gasteiger partial charge in [-0.3, -0.25) is 9.59 Å². The van der Waals surface area contributed by atoms with Crippen molar-refractivity contribution in [1.82, 2.24) is 9.97 Å². The van der Waals surface area contributed by atoms with E-state index in [2.05, 4.69) is 9.97 Å². The Morgan fingerprint density at radius 3 is 2.64 bits per heavy atom. The smallest absolute Gasteiger partial charge is 0.323 e. The minimum atomic E-state index is -0.883. The van der Waals surface area contributed by atoms with Crippen LogP contribution in [0, 0.1) is 0 Å². The fourth-order valence-electron chi connectivity index (χ4n) is 1.79. The lowest BCUT2D eigenvalue weighted by Gasteiger charge is -2.11. The van der Waals surface area contributed by atoms with Crippen LogP contribution in [0.1, 0.15) is 11.3 Å². The number of ether oxygens (including phenoxy) is 1. The Morgan fingerprint density at radius 1 is 1.32 bits per heavy atom. The minimum absolute atomic E-state index is 0.0141. The van der Waals surface area contributed by atoms with E-state index in [1.807, 2.05) is 0 Å². The maximum Gasteiger partial charge on any atom is 0.323 e. The maximum atomic E-state index is 11.9. The Balaban J connectivity index is 1.92. The highest BCUT2D eigenvalue weighted by Gasteiger charge is 2.16. The Hall–Kier alpha value is -1.89. The van der Waals surface area contributed by atoms with Crippen LogP contribution in [0.2, 0.25) is 10.3 Å². The normalized spacial score (nSPS) is 12.0. The number of rotatable bonds is 5. The van der Waals surface area contributed by atoms with Crippen molar-refractivity contribution in [2.24, 2.45) is 5.73 Å². The number of nitrogens with two attached hydrogens (primary N) is 1. The zero-order chi connectivity index (χ0) is 16.1. The largest absolute Gasteiger partial charge is 0.460 e. The van der Waals surface area contributed by atoms with E-state index in [1.165, 1.54) is 6.07 Å². The fourth-order valence-corrected chi connectivity index (χ4v) is 2.30. The Labute approximate surface area is 136 Å². The molecule has 0 radical (unpaired) electrons. The molecule has 6 nitrogen and oxygen atoms in total. The summed E-state index contributed by atoms with van der Waals surface area (Å²) in [7, 11) is 0. The lowest BCUT2D eigenvalue weighted by molar-refractivity contribution is -0.146. The monoisotopic (exact) mass is 341 g/mol. The predicted molar refractivity (Wildman–Crippen MR) is 82.8 cm³/mol. The van der Waals surface area contributed by atoms with Crippen LogP contribution in [0.3, 0.4) is 0 Å². The number of halogens is 2. The van der Waals surface area contributed by atoms with Crippen molar-refractivity contribution < 1.29 is 9.53 Å². The number of aromatic nitrogens is 2. The second kappa shape index (κ2) is 7.40.